The molecule has 4 nitrogen and oxygen atoms in total. The lowest BCUT2D eigenvalue weighted by atomic mass is 10.0. The summed E-state index contributed by atoms with van der Waals surface area (Å²) in [6, 6.07) is 13.4. The molecule has 1 aliphatic rings. The molecule has 0 aliphatic carbocycles. The summed E-state index contributed by atoms with van der Waals surface area (Å²) in [5.41, 5.74) is 3.94. The second kappa shape index (κ2) is 8.05. The van der Waals surface area contributed by atoms with Crippen LogP contribution >= 0.6 is 0 Å². The molecule has 2 N–H and O–H groups in total. The Bertz CT molecular complexity index is 981. The number of aromatic amines is 1. The molecular formula is C23H26FN3O. The van der Waals surface area contributed by atoms with Crippen LogP contribution < -0.4 is 10.2 Å². The van der Waals surface area contributed by atoms with Gasteiger partial charge in [0, 0.05) is 42.7 Å². The molecule has 0 radical (unpaired) electrons. The van der Waals surface area contributed by atoms with Gasteiger partial charge in [-0.25, -0.2) is 4.39 Å². The normalized spacial score (nSPS) is 17.1. The van der Waals surface area contributed by atoms with E-state index in [2.05, 4.69) is 21.3 Å². The van der Waals surface area contributed by atoms with E-state index in [0.717, 1.165) is 36.0 Å². The molecular weight excluding hydrogens is 353 g/mol. The van der Waals surface area contributed by atoms with Crippen LogP contribution in [0.3, 0.4) is 0 Å². The Kier molecular flexibility index (Phi) is 5.33. The lowest BCUT2D eigenvalue weighted by Crippen LogP contribution is -2.48. The number of H-pyrrole nitrogens is 1. The number of halogens is 1. The first-order valence-electron chi connectivity index (χ1n) is 9.95. The topological polar surface area (TPSA) is 48.1 Å². The highest BCUT2D eigenvalue weighted by atomic mass is 19.1. The highest BCUT2D eigenvalue weighted by molar-refractivity contribution is 5.84. The number of nitrogens with zero attached hydrogens (tertiary/aromatic N) is 1. The molecule has 146 valence electrons. The Morgan fingerprint density at radius 2 is 2.14 bits per heavy atom. The minimum Gasteiger partial charge on any atom is -0.367 e. The number of hydrogen-bond acceptors (Lipinski definition) is 2. The van der Waals surface area contributed by atoms with E-state index in [-0.39, 0.29) is 17.8 Å². The molecule has 28 heavy (non-hydrogen) atoms. The Balaban J connectivity index is 1.34. The van der Waals surface area contributed by atoms with E-state index in [0.29, 0.717) is 25.1 Å². The summed E-state index contributed by atoms with van der Waals surface area (Å²) >= 11 is 0. The minimum atomic E-state index is -0.197. The Hall–Kier alpha value is -2.82. The third-order valence-electron chi connectivity index (χ3n) is 5.53. The van der Waals surface area contributed by atoms with Crippen molar-refractivity contribution in [2.75, 3.05) is 18.0 Å². The van der Waals surface area contributed by atoms with Gasteiger partial charge >= 0.3 is 0 Å². The summed E-state index contributed by atoms with van der Waals surface area (Å²) in [7, 11) is 0. The van der Waals surface area contributed by atoms with Gasteiger partial charge in [0.2, 0.25) is 5.91 Å². The fraction of sp³-hybridized carbons (Fsp3) is 0.348. The first-order chi connectivity index (χ1) is 13.6. The highest BCUT2D eigenvalue weighted by Crippen LogP contribution is 2.25. The SMILES string of the molecule is Cc1ccc(F)c(N2CCCC(NC(=O)CCc3c[nH]c4ccccc34)C2)c1. The monoisotopic (exact) mass is 379 g/mol. The lowest BCUT2D eigenvalue weighted by Gasteiger charge is -2.35. The zero-order chi connectivity index (χ0) is 19.5. The Labute approximate surface area is 164 Å². The lowest BCUT2D eigenvalue weighted by molar-refractivity contribution is -0.121. The molecule has 2 heterocycles. The molecule has 3 aromatic rings. The quantitative estimate of drug-likeness (QED) is 0.693. The molecule has 1 aromatic heterocycles. The van der Waals surface area contributed by atoms with Crippen molar-refractivity contribution in [3.8, 4) is 0 Å². The van der Waals surface area contributed by atoms with Gasteiger partial charge in [-0.05, 0) is 55.5 Å². The summed E-state index contributed by atoms with van der Waals surface area (Å²) in [5, 5.41) is 4.32. The fourth-order valence-corrected chi connectivity index (χ4v) is 4.07. The van der Waals surface area contributed by atoms with Gasteiger partial charge in [0.1, 0.15) is 5.82 Å². The summed E-state index contributed by atoms with van der Waals surface area (Å²) in [6.45, 7) is 3.44. The van der Waals surface area contributed by atoms with E-state index in [1.165, 1.54) is 11.5 Å². The molecule has 1 fully saturated rings. The van der Waals surface area contributed by atoms with Crippen molar-refractivity contribution in [2.24, 2.45) is 0 Å². The molecule has 1 atom stereocenters. The number of fused-ring (bicyclic) bond motifs is 1. The number of aromatic nitrogens is 1. The number of hydrogen-bond donors (Lipinski definition) is 2. The zero-order valence-electron chi connectivity index (χ0n) is 16.2. The molecule has 1 unspecified atom stereocenters. The predicted molar refractivity (Wildman–Crippen MR) is 111 cm³/mol. The first kappa shape index (κ1) is 18.5. The van der Waals surface area contributed by atoms with E-state index in [9.17, 15) is 9.18 Å². The molecule has 4 rings (SSSR count). The van der Waals surface area contributed by atoms with Crippen LogP contribution in [0, 0.1) is 12.7 Å². The van der Waals surface area contributed by atoms with E-state index < -0.39 is 0 Å². The van der Waals surface area contributed by atoms with Crippen LogP contribution in [0.25, 0.3) is 10.9 Å². The molecule has 1 saturated heterocycles. The van der Waals surface area contributed by atoms with Crippen LogP contribution in [-0.4, -0.2) is 30.0 Å². The number of carbonyl (C=O) groups is 1. The number of amides is 1. The third kappa shape index (κ3) is 4.03. The maximum atomic E-state index is 14.2. The van der Waals surface area contributed by atoms with Crippen molar-refractivity contribution in [3.05, 3.63) is 65.6 Å². The average molecular weight is 379 g/mol. The number of para-hydroxylation sites is 1. The second-order valence-corrected chi connectivity index (χ2v) is 7.67. The molecule has 0 bridgehead atoms. The molecule has 2 aromatic carbocycles. The summed E-state index contributed by atoms with van der Waals surface area (Å²) < 4.78 is 14.2. The number of nitrogens with one attached hydrogen (secondary N) is 2. The van der Waals surface area contributed by atoms with E-state index in [1.807, 2.05) is 37.4 Å². The minimum absolute atomic E-state index is 0.0573. The van der Waals surface area contributed by atoms with Gasteiger partial charge < -0.3 is 15.2 Å². The van der Waals surface area contributed by atoms with Crippen molar-refractivity contribution in [2.45, 2.75) is 38.6 Å². The van der Waals surface area contributed by atoms with Crippen LogP contribution in [0.5, 0.6) is 0 Å². The predicted octanol–water partition coefficient (Wildman–Crippen LogP) is 4.33. The number of rotatable bonds is 5. The van der Waals surface area contributed by atoms with Crippen molar-refractivity contribution >= 4 is 22.5 Å². The molecule has 0 spiro atoms. The standard InChI is InChI=1S/C23H26FN3O/c1-16-8-10-20(24)22(13-16)27-12-4-5-18(15-27)26-23(28)11-9-17-14-25-21-7-3-2-6-19(17)21/h2-3,6-8,10,13-14,18,25H,4-5,9,11-12,15H2,1H3,(H,26,28). The van der Waals surface area contributed by atoms with E-state index in [1.54, 1.807) is 6.07 Å². The molecule has 1 amide bonds. The number of piperidine rings is 1. The molecule has 1 aliphatic heterocycles. The van der Waals surface area contributed by atoms with Gasteiger partial charge in [0.15, 0.2) is 0 Å². The van der Waals surface area contributed by atoms with Gasteiger partial charge in [0.05, 0.1) is 5.69 Å². The Morgan fingerprint density at radius 3 is 3.04 bits per heavy atom. The van der Waals surface area contributed by atoms with Crippen molar-refractivity contribution in [1.82, 2.24) is 10.3 Å². The van der Waals surface area contributed by atoms with Crippen LogP contribution in [0.2, 0.25) is 0 Å². The summed E-state index contributed by atoms with van der Waals surface area (Å²) in [6.07, 6.45) is 5.03. The van der Waals surface area contributed by atoms with E-state index in [4.69, 9.17) is 0 Å². The number of aryl methyl sites for hydroxylation is 2. The maximum absolute atomic E-state index is 14.2. The van der Waals surface area contributed by atoms with Crippen molar-refractivity contribution in [1.29, 1.82) is 0 Å². The van der Waals surface area contributed by atoms with Gasteiger partial charge in [-0.2, -0.15) is 0 Å². The van der Waals surface area contributed by atoms with Gasteiger partial charge in [-0.1, -0.05) is 24.3 Å². The zero-order valence-corrected chi connectivity index (χ0v) is 16.2. The number of anilines is 1. The van der Waals surface area contributed by atoms with Crippen LogP contribution in [0.4, 0.5) is 10.1 Å². The Morgan fingerprint density at radius 1 is 1.29 bits per heavy atom. The fourth-order valence-electron chi connectivity index (χ4n) is 4.07. The largest absolute Gasteiger partial charge is 0.367 e. The van der Waals surface area contributed by atoms with Crippen LogP contribution in [0.1, 0.15) is 30.4 Å². The molecule has 5 heteroatoms. The summed E-state index contributed by atoms with van der Waals surface area (Å²) in [5.74, 6) is -0.140. The van der Waals surface area contributed by atoms with Gasteiger partial charge in [-0.3, -0.25) is 4.79 Å². The maximum Gasteiger partial charge on any atom is 0.220 e. The van der Waals surface area contributed by atoms with Gasteiger partial charge in [0.25, 0.3) is 0 Å². The van der Waals surface area contributed by atoms with E-state index >= 15 is 0 Å². The average Bonchev–Trinajstić information content (AvgIpc) is 3.12. The summed E-state index contributed by atoms with van der Waals surface area (Å²) in [4.78, 5) is 17.8. The smallest absolute Gasteiger partial charge is 0.220 e. The third-order valence-corrected chi connectivity index (χ3v) is 5.53. The van der Waals surface area contributed by atoms with Crippen LogP contribution in [0.15, 0.2) is 48.7 Å². The number of benzene rings is 2. The second-order valence-electron chi connectivity index (χ2n) is 7.67. The van der Waals surface area contributed by atoms with Crippen molar-refractivity contribution in [3.63, 3.8) is 0 Å². The number of carbonyl (C=O) groups excluding carboxylic acids is 1. The molecule has 0 saturated carbocycles. The first-order valence-corrected chi connectivity index (χ1v) is 9.95. The van der Waals surface area contributed by atoms with Gasteiger partial charge in [-0.15, -0.1) is 0 Å². The van der Waals surface area contributed by atoms with Crippen LogP contribution in [-0.2, 0) is 11.2 Å². The highest BCUT2D eigenvalue weighted by Gasteiger charge is 2.23. The van der Waals surface area contributed by atoms with Crippen molar-refractivity contribution < 1.29 is 9.18 Å².